The van der Waals surface area contributed by atoms with Crippen molar-refractivity contribution in [3.05, 3.63) is 78.1 Å². The molecule has 0 unspecified atom stereocenters. The van der Waals surface area contributed by atoms with Gasteiger partial charge in [0.05, 0.1) is 41.8 Å². The second kappa shape index (κ2) is 8.60. The third-order valence-electron chi connectivity index (χ3n) is 5.70. The second-order valence-electron chi connectivity index (χ2n) is 8.05. The molecule has 3 N–H and O–H groups in total. The minimum absolute atomic E-state index is 0.0443. The summed E-state index contributed by atoms with van der Waals surface area (Å²) in [5.74, 6) is 0.630. The Morgan fingerprint density at radius 3 is 2.58 bits per heavy atom. The maximum Gasteiger partial charge on any atom is 0.244 e. The highest BCUT2D eigenvalue weighted by molar-refractivity contribution is 5.99. The van der Waals surface area contributed by atoms with Gasteiger partial charge in [0.1, 0.15) is 11.6 Å². The van der Waals surface area contributed by atoms with Crippen molar-refractivity contribution in [2.24, 2.45) is 0 Å². The second-order valence-corrected chi connectivity index (χ2v) is 8.05. The van der Waals surface area contributed by atoms with Gasteiger partial charge in [0.15, 0.2) is 0 Å². The van der Waals surface area contributed by atoms with Crippen LogP contribution in [0.2, 0.25) is 0 Å². The summed E-state index contributed by atoms with van der Waals surface area (Å²) >= 11 is 0. The molecule has 0 saturated heterocycles. The van der Waals surface area contributed by atoms with Crippen molar-refractivity contribution in [2.75, 3.05) is 17.2 Å². The van der Waals surface area contributed by atoms with Gasteiger partial charge in [-0.2, -0.15) is 5.26 Å². The Morgan fingerprint density at radius 1 is 1.06 bits per heavy atom. The van der Waals surface area contributed by atoms with Crippen LogP contribution in [0.3, 0.4) is 0 Å². The van der Waals surface area contributed by atoms with Crippen LogP contribution in [0.1, 0.15) is 29.9 Å². The largest absolute Gasteiger partial charge is 0.506 e. The lowest BCUT2D eigenvalue weighted by Gasteiger charge is -2.16. The van der Waals surface area contributed by atoms with Gasteiger partial charge in [0, 0.05) is 10.9 Å². The van der Waals surface area contributed by atoms with Crippen molar-refractivity contribution in [3.63, 3.8) is 0 Å². The number of carbonyl (C=O) groups excluding carboxylic acids is 1. The van der Waals surface area contributed by atoms with Crippen LogP contribution in [0.4, 0.5) is 11.5 Å². The molecule has 1 aliphatic carbocycles. The zero-order valence-electron chi connectivity index (χ0n) is 17.7. The molecule has 33 heavy (non-hydrogen) atoms. The van der Waals surface area contributed by atoms with Crippen LogP contribution in [0.5, 0.6) is 5.75 Å². The standard InChI is InChI=1S/C26H21N5O2/c27-12-16-4-6-17(7-5-16)20-2-1-3-21-25(18-8-9-18)22(14-30-26(20)21)28-15-24(33)31-23-11-10-19(32)13-29-23/h1-7,10-11,13-14,18,28,32H,8-9,15H2,(H,29,31,33). The molecule has 2 heterocycles. The Labute approximate surface area is 190 Å². The van der Waals surface area contributed by atoms with Crippen LogP contribution in [0.15, 0.2) is 67.0 Å². The number of para-hydroxylation sites is 1. The highest BCUT2D eigenvalue weighted by Crippen LogP contribution is 2.47. The summed E-state index contributed by atoms with van der Waals surface area (Å²) in [7, 11) is 0. The zero-order valence-corrected chi connectivity index (χ0v) is 17.7. The number of hydrogen-bond donors (Lipinski definition) is 3. The van der Waals surface area contributed by atoms with Gasteiger partial charge in [-0.25, -0.2) is 4.98 Å². The molecule has 4 aromatic rings. The molecule has 1 saturated carbocycles. The molecule has 162 valence electrons. The number of anilines is 2. The van der Waals surface area contributed by atoms with Crippen LogP contribution >= 0.6 is 0 Å². The van der Waals surface area contributed by atoms with Crippen molar-refractivity contribution in [1.82, 2.24) is 9.97 Å². The van der Waals surface area contributed by atoms with E-state index in [9.17, 15) is 9.90 Å². The number of hydrogen-bond acceptors (Lipinski definition) is 6. The maximum atomic E-state index is 12.4. The number of fused-ring (bicyclic) bond motifs is 1. The van der Waals surface area contributed by atoms with Crippen molar-refractivity contribution in [3.8, 4) is 22.9 Å². The minimum Gasteiger partial charge on any atom is -0.506 e. The van der Waals surface area contributed by atoms with Crippen molar-refractivity contribution >= 4 is 28.3 Å². The highest BCUT2D eigenvalue weighted by Gasteiger charge is 2.29. The van der Waals surface area contributed by atoms with Crippen molar-refractivity contribution in [1.29, 1.82) is 5.26 Å². The Morgan fingerprint density at radius 2 is 1.88 bits per heavy atom. The molecule has 2 aromatic heterocycles. The van der Waals surface area contributed by atoms with E-state index >= 15 is 0 Å². The first-order valence-corrected chi connectivity index (χ1v) is 10.7. The molecule has 0 aliphatic heterocycles. The Bertz CT molecular complexity index is 1370. The first-order valence-electron chi connectivity index (χ1n) is 10.7. The van der Waals surface area contributed by atoms with E-state index in [-0.39, 0.29) is 18.2 Å². The van der Waals surface area contributed by atoms with Gasteiger partial charge in [-0.1, -0.05) is 30.3 Å². The normalized spacial score (nSPS) is 12.8. The van der Waals surface area contributed by atoms with Crippen molar-refractivity contribution < 1.29 is 9.90 Å². The number of rotatable bonds is 6. The molecule has 7 heteroatoms. The van der Waals surface area contributed by atoms with Crippen molar-refractivity contribution in [2.45, 2.75) is 18.8 Å². The average molecular weight is 435 g/mol. The summed E-state index contributed by atoms with van der Waals surface area (Å²) in [4.78, 5) is 21.1. The van der Waals surface area contributed by atoms with E-state index < -0.39 is 0 Å². The Kier molecular flexibility index (Phi) is 5.33. The van der Waals surface area contributed by atoms with E-state index in [4.69, 9.17) is 10.2 Å². The minimum atomic E-state index is -0.235. The fraction of sp³-hybridized carbons (Fsp3) is 0.154. The van der Waals surface area contributed by atoms with Gasteiger partial charge < -0.3 is 15.7 Å². The van der Waals surface area contributed by atoms with Crippen LogP contribution in [0.25, 0.3) is 22.0 Å². The van der Waals surface area contributed by atoms with Gasteiger partial charge in [0.25, 0.3) is 0 Å². The molecular formula is C26H21N5O2. The average Bonchev–Trinajstić information content (AvgIpc) is 3.68. The van der Waals surface area contributed by atoms with E-state index in [1.165, 1.54) is 17.8 Å². The van der Waals surface area contributed by atoms with Crippen LogP contribution < -0.4 is 10.6 Å². The fourth-order valence-electron chi connectivity index (χ4n) is 3.98. The monoisotopic (exact) mass is 435 g/mol. The summed E-state index contributed by atoms with van der Waals surface area (Å²) in [6.45, 7) is 0.0742. The van der Waals surface area contributed by atoms with Crippen LogP contribution in [0, 0.1) is 11.3 Å². The predicted octanol–water partition coefficient (Wildman–Crippen LogP) is 4.80. The number of carbonyl (C=O) groups is 1. The molecule has 1 fully saturated rings. The lowest BCUT2D eigenvalue weighted by Crippen LogP contribution is -2.22. The molecule has 1 amide bonds. The topological polar surface area (TPSA) is 111 Å². The molecular weight excluding hydrogens is 414 g/mol. The number of amides is 1. The van der Waals surface area contributed by atoms with E-state index in [1.54, 1.807) is 12.3 Å². The van der Waals surface area contributed by atoms with E-state index in [0.29, 0.717) is 17.3 Å². The molecule has 0 atom stereocenters. The molecule has 5 rings (SSSR count). The van der Waals surface area contributed by atoms with Gasteiger partial charge in [-0.3, -0.25) is 9.78 Å². The highest BCUT2D eigenvalue weighted by atomic mass is 16.3. The zero-order chi connectivity index (χ0) is 22.8. The number of nitrogens with zero attached hydrogens (tertiary/aromatic N) is 3. The Balaban J connectivity index is 1.42. The molecule has 0 spiro atoms. The summed E-state index contributed by atoms with van der Waals surface area (Å²) in [6.07, 6.45) is 5.30. The smallest absolute Gasteiger partial charge is 0.244 e. The van der Waals surface area contributed by atoms with Gasteiger partial charge >= 0.3 is 0 Å². The Hall–Kier alpha value is -4.44. The van der Waals surface area contributed by atoms with Gasteiger partial charge in [-0.15, -0.1) is 0 Å². The summed E-state index contributed by atoms with van der Waals surface area (Å²) in [5, 5.41) is 25.4. The van der Waals surface area contributed by atoms with E-state index in [0.717, 1.165) is 40.6 Å². The molecule has 0 bridgehead atoms. The number of aromatic nitrogens is 2. The summed E-state index contributed by atoms with van der Waals surface area (Å²) in [6, 6.07) is 18.8. The van der Waals surface area contributed by atoms with Crippen LogP contribution in [-0.2, 0) is 4.79 Å². The summed E-state index contributed by atoms with van der Waals surface area (Å²) in [5.41, 5.74) is 5.60. The quantitative estimate of drug-likeness (QED) is 0.401. The molecule has 7 nitrogen and oxygen atoms in total. The lowest BCUT2D eigenvalue weighted by molar-refractivity contribution is -0.114. The first-order chi connectivity index (χ1) is 16.1. The third kappa shape index (κ3) is 4.32. The maximum absolute atomic E-state index is 12.4. The molecule has 0 radical (unpaired) electrons. The predicted molar refractivity (Wildman–Crippen MR) is 127 cm³/mol. The SMILES string of the molecule is N#Cc1ccc(-c2cccc3c(C4CC4)c(NCC(=O)Nc4ccc(O)cn4)cnc23)cc1. The molecule has 1 aliphatic rings. The van der Waals surface area contributed by atoms with E-state index in [1.807, 2.05) is 36.4 Å². The van der Waals surface area contributed by atoms with Crippen LogP contribution in [-0.4, -0.2) is 27.5 Å². The number of benzene rings is 2. The number of nitriles is 1. The van der Waals surface area contributed by atoms with Gasteiger partial charge in [-0.05, 0) is 54.2 Å². The first kappa shape index (κ1) is 20.5. The molecule has 2 aromatic carbocycles. The number of aromatic hydroxyl groups is 1. The van der Waals surface area contributed by atoms with Gasteiger partial charge in [0.2, 0.25) is 5.91 Å². The number of nitrogens with one attached hydrogen (secondary N) is 2. The summed E-state index contributed by atoms with van der Waals surface area (Å²) < 4.78 is 0. The lowest BCUT2D eigenvalue weighted by atomic mass is 9.96. The fourth-order valence-corrected chi connectivity index (χ4v) is 3.98. The third-order valence-corrected chi connectivity index (χ3v) is 5.70. The van der Waals surface area contributed by atoms with E-state index in [2.05, 4.69) is 27.8 Å². The number of pyridine rings is 2.